The summed E-state index contributed by atoms with van der Waals surface area (Å²) in [6.45, 7) is 1.50. The second-order valence-corrected chi connectivity index (χ2v) is 2.71. The van der Waals surface area contributed by atoms with Gasteiger partial charge < -0.3 is 10.5 Å². The first-order valence-corrected chi connectivity index (χ1v) is 4.22. The lowest BCUT2D eigenvalue weighted by Gasteiger charge is -2.13. The summed E-state index contributed by atoms with van der Waals surface area (Å²) in [6, 6.07) is 0. The second kappa shape index (κ2) is 4.25. The van der Waals surface area contributed by atoms with Crippen molar-refractivity contribution in [2.75, 3.05) is 13.2 Å². The van der Waals surface area contributed by atoms with E-state index in [1.165, 1.54) is 6.20 Å². The molecule has 0 aromatic heterocycles. The molecule has 0 fully saturated rings. The zero-order valence-corrected chi connectivity index (χ0v) is 6.93. The van der Waals surface area contributed by atoms with Crippen LogP contribution in [-0.4, -0.2) is 19.0 Å². The standard InChI is InChI=1S/C6H11N3OS/c7-4-5(11-8)6-9-2-1-3-10-6/h4H,1-3,7-8H2. The molecule has 0 bridgehead atoms. The number of hydrogen-bond donors (Lipinski definition) is 2. The molecule has 0 amide bonds. The zero-order valence-electron chi connectivity index (χ0n) is 6.12. The van der Waals surface area contributed by atoms with Crippen LogP contribution >= 0.6 is 11.9 Å². The van der Waals surface area contributed by atoms with E-state index in [0.717, 1.165) is 24.9 Å². The highest BCUT2D eigenvalue weighted by atomic mass is 32.2. The molecule has 1 aliphatic rings. The fraction of sp³-hybridized carbons (Fsp3) is 0.500. The first kappa shape index (κ1) is 8.42. The van der Waals surface area contributed by atoms with E-state index in [2.05, 4.69) is 4.99 Å². The number of aliphatic imine (C=N–C) groups is 1. The number of hydrogen-bond acceptors (Lipinski definition) is 5. The molecule has 62 valence electrons. The molecule has 4 N–H and O–H groups in total. The average Bonchev–Trinajstić information content (AvgIpc) is 2.09. The van der Waals surface area contributed by atoms with Crippen molar-refractivity contribution in [2.24, 2.45) is 15.9 Å². The lowest BCUT2D eigenvalue weighted by Crippen LogP contribution is -2.16. The van der Waals surface area contributed by atoms with Crippen molar-refractivity contribution >= 4 is 17.8 Å². The molecule has 4 nitrogen and oxygen atoms in total. The molecule has 0 saturated carbocycles. The second-order valence-electron chi connectivity index (χ2n) is 2.04. The van der Waals surface area contributed by atoms with Crippen molar-refractivity contribution in [2.45, 2.75) is 6.42 Å². The van der Waals surface area contributed by atoms with Gasteiger partial charge >= 0.3 is 0 Å². The minimum atomic E-state index is 0.575. The van der Waals surface area contributed by atoms with Crippen molar-refractivity contribution < 1.29 is 4.74 Å². The van der Waals surface area contributed by atoms with Crippen LogP contribution in [0.5, 0.6) is 0 Å². The van der Waals surface area contributed by atoms with E-state index in [0.29, 0.717) is 17.4 Å². The van der Waals surface area contributed by atoms with Crippen LogP contribution in [-0.2, 0) is 4.74 Å². The van der Waals surface area contributed by atoms with Crippen molar-refractivity contribution in [1.82, 2.24) is 0 Å². The van der Waals surface area contributed by atoms with Crippen molar-refractivity contribution in [1.29, 1.82) is 0 Å². The molecule has 5 heteroatoms. The maximum atomic E-state index is 5.32. The molecule has 0 atom stereocenters. The van der Waals surface area contributed by atoms with E-state index >= 15 is 0 Å². The van der Waals surface area contributed by atoms with Gasteiger partial charge in [0.05, 0.1) is 11.5 Å². The van der Waals surface area contributed by atoms with E-state index in [-0.39, 0.29) is 0 Å². The summed E-state index contributed by atoms with van der Waals surface area (Å²) in [5.74, 6) is 0.575. The molecule has 0 saturated heterocycles. The van der Waals surface area contributed by atoms with E-state index in [1.807, 2.05) is 0 Å². The molecular formula is C6H11N3OS. The summed E-state index contributed by atoms with van der Waals surface area (Å²) in [4.78, 5) is 4.82. The van der Waals surface area contributed by atoms with Gasteiger partial charge in [0.15, 0.2) is 0 Å². The van der Waals surface area contributed by atoms with Gasteiger partial charge in [-0.2, -0.15) is 0 Å². The zero-order chi connectivity index (χ0) is 8.10. The van der Waals surface area contributed by atoms with Crippen molar-refractivity contribution in [3.8, 4) is 0 Å². The third-order valence-corrected chi connectivity index (χ3v) is 1.85. The molecule has 1 rings (SSSR count). The molecule has 0 aromatic rings. The Balaban J connectivity index is 2.63. The predicted molar refractivity (Wildman–Crippen MR) is 46.9 cm³/mol. The maximum absolute atomic E-state index is 5.32. The smallest absolute Gasteiger partial charge is 0.225 e. The van der Waals surface area contributed by atoms with Gasteiger partial charge in [-0.3, -0.25) is 10.1 Å². The Morgan fingerprint density at radius 2 is 2.55 bits per heavy atom. The van der Waals surface area contributed by atoms with Crippen LogP contribution in [0.4, 0.5) is 0 Å². The minimum Gasteiger partial charge on any atom is -0.477 e. The molecule has 11 heavy (non-hydrogen) atoms. The van der Waals surface area contributed by atoms with Gasteiger partial charge in [-0.25, -0.2) is 0 Å². The Kier molecular flexibility index (Phi) is 3.25. The predicted octanol–water partition coefficient (Wildman–Crippen LogP) is 0.212. The molecule has 0 radical (unpaired) electrons. The quantitative estimate of drug-likeness (QED) is 0.585. The molecule has 0 aromatic carbocycles. The third kappa shape index (κ3) is 2.13. The van der Waals surface area contributed by atoms with E-state index in [4.69, 9.17) is 15.6 Å². The minimum absolute atomic E-state index is 0.575. The van der Waals surface area contributed by atoms with Crippen molar-refractivity contribution in [3.63, 3.8) is 0 Å². The van der Waals surface area contributed by atoms with Gasteiger partial charge in [0, 0.05) is 19.2 Å². The summed E-state index contributed by atoms with van der Waals surface area (Å²) in [7, 11) is 0. The molecule has 1 aliphatic heterocycles. The number of rotatable bonds is 2. The molecule has 0 spiro atoms. The summed E-state index contributed by atoms with van der Waals surface area (Å²) in [5, 5.41) is 5.32. The average molecular weight is 173 g/mol. The van der Waals surface area contributed by atoms with Gasteiger partial charge in [0.2, 0.25) is 5.90 Å². The molecular weight excluding hydrogens is 162 g/mol. The first-order valence-electron chi connectivity index (χ1n) is 3.34. The Morgan fingerprint density at radius 1 is 1.73 bits per heavy atom. The third-order valence-electron chi connectivity index (χ3n) is 1.29. The van der Waals surface area contributed by atoms with E-state index in [9.17, 15) is 0 Å². The molecule has 0 aliphatic carbocycles. The first-order chi connectivity index (χ1) is 5.38. The van der Waals surface area contributed by atoms with Crippen LogP contribution in [0.1, 0.15) is 6.42 Å². The van der Waals surface area contributed by atoms with E-state index in [1.54, 1.807) is 0 Å². The van der Waals surface area contributed by atoms with E-state index < -0.39 is 0 Å². The largest absolute Gasteiger partial charge is 0.477 e. The lowest BCUT2D eigenvalue weighted by molar-refractivity contribution is 0.285. The monoisotopic (exact) mass is 173 g/mol. The normalized spacial score (nSPS) is 19.0. The molecule has 1 heterocycles. The van der Waals surface area contributed by atoms with Crippen LogP contribution in [0.15, 0.2) is 16.1 Å². The van der Waals surface area contributed by atoms with Crippen LogP contribution in [0.2, 0.25) is 0 Å². The Morgan fingerprint density at radius 3 is 3.00 bits per heavy atom. The van der Waals surface area contributed by atoms with Gasteiger partial charge in [0.25, 0.3) is 0 Å². The lowest BCUT2D eigenvalue weighted by atomic mass is 10.4. The van der Waals surface area contributed by atoms with Crippen LogP contribution < -0.4 is 10.9 Å². The van der Waals surface area contributed by atoms with Gasteiger partial charge in [0.1, 0.15) is 0 Å². The molecule has 0 unspecified atom stereocenters. The SMILES string of the molecule is NC=C(SN)C1=NCCCO1. The Bertz CT molecular complexity index is 190. The van der Waals surface area contributed by atoms with Crippen LogP contribution in [0.3, 0.4) is 0 Å². The van der Waals surface area contributed by atoms with Gasteiger partial charge in [-0.15, -0.1) is 0 Å². The highest BCUT2D eigenvalue weighted by molar-refractivity contribution is 8.01. The Hall–Kier alpha value is -0.680. The Labute approximate surface area is 69.8 Å². The number of nitrogens with zero attached hydrogens (tertiary/aromatic N) is 1. The van der Waals surface area contributed by atoms with Gasteiger partial charge in [-0.1, -0.05) is 0 Å². The van der Waals surface area contributed by atoms with Crippen LogP contribution in [0, 0.1) is 0 Å². The maximum Gasteiger partial charge on any atom is 0.225 e. The number of ether oxygens (including phenoxy) is 1. The topological polar surface area (TPSA) is 73.6 Å². The van der Waals surface area contributed by atoms with Crippen molar-refractivity contribution in [3.05, 3.63) is 11.1 Å². The highest BCUT2D eigenvalue weighted by Crippen LogP contribution is 2.12. The van der Waals surface area contributed by atoms with Crippen LogP contribution in [0.25, 0.3) is 0 Å². The summed E-state index contributed by atoms with van der Waals surface area (Å²) in [6.07, 6.45) is 2.38. The number of nitrogens with two attached hydrogens (primary N) is 2. The summed E-state index contributed by atoms with van der Waals surface area (Å²) < 4.78 is 5.22. The summed E-state index contributed by atoms with van der Waals surface area (Å²) >= 11 is 1.06. The highest BCUT2D eigenvalue weighted by Gasteiger charge is 2.10. The fourth-order valence-corrected chi connectivity index (χ4v) is 1.07. The summed E-state index contributed by atoms with van der Waals surface area (Å²) in [5.41, 5.74) is 5.29. The van der Waals surface area contributed by atoms with Gasteiger partial charge in [-0.05, 0) is 11.9 Å². The fourth-order valence-electron chi connectivity index (χ4n) is 0.770.